The number of benzene rings is 1. The number of hydrogen-bond acceptors (Lipinski definition) is 2. The van der Waals surface area contributed by atoms with E-state index in [4.69, 9.17) is 0 Å². The summed E-state index contributed by atoms with van der Waals surface area (Å²) in [5.41, 5.74) is 2.17. The molecule has 0 radical (unpaired) electrons. The van der Waals surface area contributed by atoms with E-state index in [1.54, 1.807) is 18.3 Å². The van der Waals surface area contributed by atoms with Crippen LogP contribution in [0.15, 0.2) is 41.0 Å². The normalized spacial score (nSPS) is 10.9. The van der Waals surface area contributed by atoms with Gasteiger partial charge >= 0.3 is 0 Å². The lowest BCUT2D eigenvalue weighted by Gasteiger charge is -1.98. The number of hydrogen-bond donors (Lipinski definition) is 1. The Bertz CT molecular complexity index is 660. The van der Waals surface area contributed by atoms with Gasteiger partial charge in [-0.2, -0.15) is 0 Å². The highest BCUT2D eigenvalue weighted by Crippen LogP contribution is 2.23. The highest BCUT2D eigenvalue weighted by molar-refractivity contribution is 9.10. The zero-order valence-electron chi connectivity index (χ0n) is 8.61. The maximum Gasteiger partial charge on any atom is 0.178 e. The van der Waals surface area contributed by atoms with E-state index in [-0.39, 0.29) is 5.82 Å². The van der Waals surface area contributed by atoms with E-state index in [0.29, 0.717) is 21.5 Å². The molecule has 0 aliphatic heterocycles. The van der Waals surface area contributed by atoms with Gasteiger partial charge in [-0.1, -0.05) is 0 Å². The fraction of sp³-hybridized carbons (Fsp3) is 0. The summed E-state index contributed by atoms with van der Waals surface area (Å²) in [6.07, 6.45) is 1.68. The van der Waals surface area contributed by atoms with Gasteiger partial charge in [-0.15, -0.1) is 0 Å². The van der Waals surface area contributed by atoms with Crippen molar-refractivity contribution >= 4 is 27.1 Å². The van der Waals surface area contributed by atoms with Gasteiger partial charge in [-0.3, -0.25) is 0 Å². The molecule has 0 spiro atoms. The minimum Gasteiger partial charge on any atom is -0.337 e. The van der Waals surface area contributed by atoms with Crippen LogP contribution in [-0.4, -0.2) is 15.0 Å². The van der Waals surface area contributed by atoms with Gasteiger partial charge in [0, 0.05) is 11.8 Å². The number of nitrogens with zero attached hydrogens (tertiary/aromatic N) is 2. The van der Waals surface area contributed by atoms with Crippen LogP contribution < -0.4 is 0 Å². The summed E-state index contributed by atoms with van der Waals surface area (Å²) in [5.74, 6) is 0.306. The quantitative estimate of drug-likeness (QED) is 0.745. The van der Waals surface area contributed by atoms with E-state index < -0.39 is 0 Å². The second-order valence-corrected chi connectivity index (χ2v) is 4.44. The highest BCUT2D eigenvalue weighted by Gasteiger charge is 2.07. The van der Waals surface area contributed by atoms with Gasteiger partial charge in [-0.25, -0.2) is 14.4 Å². The first-order valence-electron chi connectivity index (χ1n) is 5.00. The molecule has 0 aliphatic carbocycles. The van der Waals surface area contributed by atoms with Crippen molar-refractivity contribution in [3.63, 3.8) is 0 Å². The largest absolute Gasteiger partial charge is 0.337 e. The van der Waals surface area contributed by atoms with E-state index in [2.05, 4.69) is 30.9 Å². The number of pyridine rings is 1. The molecule has 1 N–H and O–H groups in total. The number of H-pyrrole nitrogens is 1. The van der Waals surface area contributed by atoms with Gasteiger partial charge < -0.3 is 4.98 Å². The van der Waals surface area contributed by atoms with Crippen LogP contribution in [0.5, 0.6) is 0 Å². The molecule has 0 saturated heterocycles. The number of aromatic nitrogens is 3. The predicted molar refractivity (Wildman–Crippen MR) is 67.0 cm³/mol. The van der Waals surface area contributed by atoms with Gasteiger partial charge in [0.15, 0.2) is 5.65 Å². The Morgan fingerprint density at radius 3 is 2.88 bits per heavy atom. The van der Waals surface area contributed by atoms with Gasteiger partial charge in [0.25, 0.3) is 0 Å². The van der Waals surface area contributed by atoms with Crippen molar-refractivity contribution in [1.82, 2.24) is 15.0 Å². The maximum absolute atomic E-state index is 13.4. The molecule has 0 fully saturated rings. The summed E-state index contributed by atoms with van der Waals surface area (Å²) in [5, 5.41) is 0. The molecule has 0 atom stereocenters. The number of aromatic amines is 1. The van der Waals surface area contributed by atoms with Crippen molar-refractivity contribution in [2.24, 2.45) is 0 Å². The fourth-order valence-electron chi connectivity index (χ4n) is 1.63. The third-order valence-electron chi connectivity index (χ3n) is 2.45. The Hall–Kier alpha value is -1.75. The van der Waals surface area contributed by atoms with E-state index in [9.17, 15) is 4.39 Å². The summed E-state index contributed by atoms with van der Waals surface area (Å²) in [4.78, 5) is 11.5. The molecule has 0 amide bonds. The SMILES string of the molecule is Fc1cc(-c2nc3ncccc3[nH]2)ccc1Br. The van der Waals surface area contributed by atoms with E-state index in [1.807, 2.05) is 12.1 Å². The van der Waals surface area contributed by atoms with Gasteiger partial charge in [0.2, 0.25) is 0 Å². The topological polar surface area (TPSA) is 41.6 Å². The van der Waals surface area contributed by atoms with Gasteiger partial charge in [-0.05, 0) is 46.3 Å². The first-order valence-corrected chi connectivity index (χ1v) is 5.79. The smallest absolute Gasteiger partial charge is 0.178 e. The van der Waals surface area contributed by atoms with Crippen molar-refractivity contribution in [3.05, 3.63) is 46.8 Å². The summed E-state index contributed by atoms with van der Waals surface area (Å²) in [6, 6.07) is 8.60. The summed E-state index contributed by atoms with van der Waals surface area (Å²) < 4.78 is 13.9. The second kappa shape index (κ2) is 3.92. The molecule has 0 aliphatic rings. The second-order valence-electron chi connectivity index (χ2n) is 3.59. The van der Waals surface area contributed by atoms with Crippen LogP contribution in [0.3, 0.4) is 0 Å². The average Bonchev–Trinajstić information content (AvgIpc) is 2.76. The predicted octanol–water partition coefficient (Wildman–Crippen LogP) is 3.53. The molecule has 3 rings (SSSR count). The lowest BCUT2D eigenvalue weighted by Crippen LogP contribution is -1.83. The minimum absolute atomic E-state index is 0.309. The van der Waals surface area contributed by atoms with Crippen LogP contribution >= 0.6 is 15.9 Å². The van der Waals surface area contributed by atoms with Crippen molar-refractivity contribution in [2.45, 2.75) is 0 Å². The molecular formula is C12H7BrFN3. The average molecular weight is 292 g/mol. The Morgan fingerprint density at radius 2 is 2.12 bits per heavy atom. The Morgan fingerprint density at radius 1 is 1.24 bits per heavy atom. The van der Waals surface area contributed by atoms with Crippen molar-refractivity contribution in [3.8, 4) is 11.4 Å². The van der Waals surface area contributed by atoms with Crippen LogP contribution in [0.1, 0.15) is 0 Å². The number of rotatable bonds is 1. The minimum atomic E-state index is -0.309. The van der Waals surface area contributed by atoms with Crippen LogP contribution in [0.2, 0.25) is 0 Å². The molecule has 0 bridgehead atoms. The monoisotopic (exact) mass is 291 g/mol. The van der Waals surface area contributed by atoms with E-state index >= 15 is 0 Å². The maximum atomic E-state index is 13.4. The molecule has 1 aromatic carbocycles. The Balaban J connectivity index is 2.17. The summed E-state index contributed by atoms with van der Waals surface area (Å²) >= 11 is 3.12. The van der Waals surface area contributed by atoms with Gasteiger partial charge in [0.1, 0.15) is 11.6 Å². The lowest BCUT2D eigenvalue weighted by atomic mass is 10.2. The molecule has 3 nitrogen and oxygen atoms in total. The molecular weight excluding hydrogens is 285 g/mol. The zero-order valence-corrected chi connectivity index (χ0v) is 10.2. The molecule has 84 valence electrons. The lowest BCUT2D eigenvalue weighted by molar-refractivity contribution is 0.621. The molecule has 5 heteroatoms. The van der Waals surface area contributed by atoms with Crippen molar-refractivity contribution in [2.75, 3.05) is 0 Å². The van der Waals surface area contributed by atoms with Crippen LogP contribution in [0.4, 0.5) is 4.39 Å². The highest BCUT2D eigenvalue weighted by atomic mass is 79.9. The van der Waals surface area contributed by atoms with Crippen LogP contribution in [0, 0.1) is 5.82 Å². The fourth-order valence-corrected chi connectivity index (χ4v) is 1.87. The third kappa shape index (κ3) is 1.82. The molecule has 0 unspecified atom stereocenters. The van der Waals surface area contributed by atoms with E-state index in [0.717, 1.165) is 5.52 Å². The summed E-state index contributed by atoms with van der Waals surface area (Å²) in [6.45, 7) is 0. The number of fused-ring (bicyclic) bond motifs is 1. The molecule has 3 aromatic rings. The first-order chi connectivity index (χ1) is 8.24. The number of nitrogens with one attached hydrogen (secondary N) is 1. The Kier molecular flexibility index (Phi) is 2.40. The third-order valence-corrected chi connectivity index (χ3v) is 3.09. The molecule has 17 heavy (non-hydrogen) atoms. The Labute approximate surface area is 105 Å². The summed E-state index contributed by atoms with van der Waals surface area (Å²) in [7, 11) is 0. The van der Waals surface area contributed by atoms with Crippen molar-refractivity contribution < 1.29 is 4.39 Å². The molecule has 2 aromatic heterocycles. The number of halogens is 2. The van der Waals surface area contributed by atoms with E-state index in [1.165, 1.54) is 6.07 Å². The molecule has 2 heterocycles. The standard InChI is InChI=1S/C12H7BrFN3/c13-8-4-3-7(6-9(8)14)11-16-10-2-1-5-15-12(10)17-11/h1-6H,(H,15,16,17). The molecule has 0 saturated carbocycles. The first kappa shape index (κ1) is 10.4. The van der Waals surface area contributed by atoms with Gasteiger partial charge in [0.05, 0.1) is 9.99 Å². The zero-order chi connectivity index (χ0) is 11.8. The van der Waals surface area contributed by atoms with Crippen LogP contribution in [0.25, 0.3) is 22.6 Å². The number of imidazole rings is 1. The van der Waals surface area contributed by atoms with Crippen LogP contribution in [-0.2, 0) is 0 Å². The van der Waals surface area contributed by atoms with Crippen molar-refractivity contribution in [1.29, 1.82) is 0 Å².